The summed E-state index contributed by atoms with van der Waals surface area (Å²) < 4.78 is 32.4. The highest BCUT2D eigenvalue weighted by Crippen LogP contribution is 2.36. The van der Waals surface area contributed by atoms with Crippen LogP contribution in [0.5, 0.6) is 11.5 Å². The van der Waals surface area contributed by atoms with E-state index in [0.717, 1.165) is 74.9 Å². The number of methoxy groups -OCH3 is 1. The number of nitrogens with zero attached hydrogens (tertiary/aromatic N) is 6. The van der Waals surface area contributed by atoms with Gasteiger partial charge >= 0.3 is 0 Å². The minimum absolute atomic E-state index is 0.0172. The second kappa shape index (κ2) is 19.1. The van der Waals surface area contributed by atoms with Crippen molar-refractivity contribution in [2.75, 3.05) is 56.2 Å². The van der Waals surface area contributed by atoms with Crippen LogP contribution in [0.2, 0.25) is 0 Å². The Bertz CT molecular complexity index is 2380. The molecule has 0 amide bonds. The van der Waals surface area contributed by atoms with Crippen molar-refractivity contribution in [3.8, 4) is 23.6 Å². The number of benzene rings is 6. The van der Waals surface area contributed by atoms with Crippen LogP contribution in [0.4, 0.5) is 20.2 Å². The molecule has 2 aliphatic heterocycles. The lowest BCUT2D eigenvalue weighted by Gasteiger charge is -2.43. The van der Waals surface area contributed by atoms with Gasteiger partial charge < -0.3 is 19.6 Å². The zero-order chi connectivity index (χ0) is 41.1. The molecule has 0 radical (unpaired) electrons. The third kappa shape index (κ3) is 10.1. The number of ether oxygens (including phenoxy) is 1. The highest BCUT2D eigenvalue weighted by atomic mass is 19.1. The molecule has 10 heteroatoms. The predicted molar refractivity (Wildman–Crippen MR) is 227 cm³/mol. The van der Waals surface area contributed by atoms with Gasteiger partial charge in [0.1, 0.15) is 35.3 Å². The molecular formula is C49H46F2N6O2. The standard InChI is InChI=1S/C25H24FN3O.C24H22FN3O/c1-30-23-11-12-24(21(15-23)16-27)29-14-13-28(17-19-5-3-2-4-6-19)18-25(29)20-7-9-22(26)10-8-20;25-21-8-6-19(7-9-21)24-17-27(16-18-4-2-1-3-5-18)12-13-28(24)23-11-10-22(29)14-20(23)15-26/h2-12,15,25H,13-14,17-18H2,1H3;1-11,14,24,29H,12-13,16-17H2/t25-;24-/m00/s1. The Morgan fingerprint density at radius 2 is 1.02 bits per heavy atom. The lowest BCUT2D eigenvalue weighted by Crippen LogP contribution is -2.48. The third-order valence-electron chi connectivity index (χ3n) is 11.0. The van der Waals surface area contributed by atoms with Crippen molar-refractivity contribution in [2.45, 2.75) is 25.2 Å². The van der Waals surface area contributed by atoms with Crippen LogP contribution in [0.3, 0.4) is 0 Å². The van der Waals surface area contributed by atoms with Crippen LogP contribution in [-0.2, 0) is 13.1 Å². The summed E-state index contributed by atoms with van der Waals surface area (Å²) in [4.78, 5) is 9.24. The van der Waals surface area contributed by atoms with E-state index in [2.05, 4.69) is 68.1 Å². The normalized spacial score (nSPS) is 17.0. The van der Waals surface area contributed by atoms with E-state index >= 15 is 0 Å². The van der Waals surface area contributed by atoms with Gasteiger partial charge in [0.15, 0.2) is 0 Å². The Labute approximate surface area is 345 Å². The topological polar surface area (TPSA) is 90.0 Å². The number of rotatable bonds is 9. The fourth-order valence-electron chi connectivity index (χ4n) is 8.01. The van der Waals surface area contributed by atoms with Gasteiger partial charge in [-0.1, -0.05) is 84.9 Å². The van der Waals surface area contributed by atoms with E-state index in [1.165, 1.54) is 41.5 Å². The van der Waals surface area contributed by atoms with E-state index in [4.69, 9.17) is 4.74 Å². The summed E-state index contributed by atoms with van der Waals surface area (Å²) in [5.41, 5.74) is 7.25. The number of piperazine rings is 2. The average Bonchev–Trinajstić information content (AvgIpc) is 3.27. The van der Waals surface area contributed by atoms with Gasteiger partial charge in [0.25, 0.3) is 0 Å². The van der Waals surface area contributed by atoms with Crippen molar-refractivity contribution in [1.29, 1.82) is 10.5 Å². The van der Waals surface area contributed by atoms with Crippen molar-refractivity contribution in [2.24, 2.45) is 0 Å². The van der Waals surface area contributed by atoms with E-state index in [0.29, 0.717) is 16.9 Å². The van der Waals surface area contributed by atoms with Crippen molar-refractivity contribution < 1.29 is 18.6 Å². The molecule has 2 heterocycles. The molecule has 2 atom stereocenters. The molecule has 8 rings (SSSR count). The Balaban J connectivity index is 0.000000179. The summed E-state index contributed by atoms with van der Waals surface area (Å²) >= 11 is 0. The summed E-state index contributed by atoms with van der Waals surface area (Å²) in [6, 6.07) is 49.0. The summed E-state index contributed by atoms with van der Waals surface area (Å²) in [6.07, 6.45) is 0. The average molecular weight is 789 g/mol. The molecule has 1 N–H and O–H groups in total. The Morgan fingerprint density at radius 1 is 0.576 bits per heavy atom. The maximum absolute atomic E-state index is 13.6. The molecule has 0 aliphatic carbocycles. The molecule has 2 aliphatic rings. The monoisotopic (exact) mass is 788 g/mol. The Kier molecular flexibility index (Phi) is 13.1. The highest BCUT2D eigenvalue weighted by molar-refractivity contribution is 5.64. The summed E-state index contributed by atoms with van der Waals surface area (Å²) in [7, 11) is 1.60. The zero-order valence-electron chi connectivity index (χ0n) is 33.0. The second-order valence-electron chi connectivity index (χ2n) is 14.8. The number of hydrogen-bond donors (Lipinski definition) is 1. The predicted octanol–water partition coefficient (Wildman–Crippen LogP) is 9.24. The third-order valence-corrected chi connectivity index (χ3v) is 11.0. The summed E-state index contributed by atoms with van der Waals surface area (Å²) in [5, 5.41) is 29.0. The highest BCUT2D eigenvalue weighted by Gasteiger charge is 2.31. The first-order valence-electron chi connectivity index (χ1n) is 19.7. The number of phenols is 1. The van der Waals surface area contributed by atoms with Crippen LogP contribution in [0.15, 0.2) is 146 Å². The minimum atomic E-state index is -0.264. The van der Waals surface area contributed by atoms with Crippen LogP contribution in [0.25, 0.3) is 0 Å². The molecule has 0 unspecified atom stereocenters. The molecule has 0 saturated carbocycles. The van der Waals surface area contributed by atoms with Crippen molar-refractivity contribution >= 4 is 11.4 Å². The van der Waals surface area contributed by atoms with E-state index in [1.54, 1.807) is 25.3 Å². The van der Waals surface area contributed by atoms with E-state index in [-0.39, 0.29) is 29.5 Å². The van der Waals surface area contributed by atoms with Crippen LogP contribution >= 0.6 is 0 Å². The first-order chi connectivity index (χ1) is 28.8. The molecule has 298 valence electrons. The lowest BCUT2D eigenvalue weighted by atomic mass is 9.99. The van der Waals surface area contributed by atoms with E-state index < -0.39 is 0 Å². The molecule has 59 heavy (non-hydrogen) atoms. The molecular weight excluding hydrogens is 743 g/mol. The molecule has 2 saturated heterocycles. The summed E-state index contributed by atoms with van der Waals surface area (Å²) in [6.45, 7) is 6.48. The van der Waals surface area contributed by atoms with Gasteiger partial charge in [0, 0.05) is 52.4 Å². The van der Waals surface area contributed by atoms with Crippen LogP contribution in [-0.4, -0.2) is 61.3 Å². The van der Waals surface area contributed by atoms with Gasteiger partial charge in [0.05, 0.1) is 41.7 Å². The maximum Gasteiger partial charge on any atom is 0.123 e. The van der Waals surface area contributed by atoms with E-state index in [9.17, 15) is 24.4 Å². The first-order valence-corrected chi connectivity index (χ1v) is 19.7. The van der Waals surface area contributed by atoms with Crippen molar-refractivity contribution in [3.05, 3.63) is 191 Å². The lowest BCUT2D eigenvalue weighted by molar-refractivity contribution is 0.215. The molecule has 0 spiro atoms. The molecule has 8 nitrogen and oxygen atoms in total. The van der Waals surface area contributed by atoms with Gasteiger partial charge in [-0.05, 0) is 82.9 Å². The molecule has 2 fully saturated rings. The van der Waals surface area contributed by atoms with Gasteiger partial charge in [-0.2, -0.15) is 10.5 Å². The van der Waals surface area contributed by atoms with Gasteiger partial charge in [-0.3, -0.25) is 9.80 Å². The van der Waals surface area contributed by atoms with Gasteiger partial charge in [-0.25, -0.2) is 8.78 Å². The van der Waals surface area contributed by atoms with Crippen LogP contribution in [0, 0.1) is 34.3 Å². The Morgan fingerprint density at radius 3 is 1.46 bits per heavy atom. The first kappa shape index (κ1) is 40.5. The zero-order valence-corrected chi connectivity index (χ0v) is 33.0. The SMILES string of the molecule is COc1ccc(N2CCN(Cc3ccccc3)C[C@H]2c2ccc(F)cc2)c(C#N)c1.N#Cc1cc(O)ccc1N1CCN(Cc2ccccc2)C[C@H]1c1ccc(F)cc1. The fraction of sp³-hybridized carbons (Fsp3) is 0.224. The largest absolute Gasteiger partial charge is 0.508 e. The molecule has 6 aromatic rings. The van der Waals surface area contributed by atoms with Crippen LogP contribution < -0.4 is 14.5 Å². The molecule has 0 bridgehead atoms. The number of aromatic hydroxyl groups is 1. The molecule has 0 aromatic heterocycles. The second-order valence-corrected chi connectivity index (χ2v) is 14.8. The Hall–Kier alpha value is -6.72. The molecule has 6 aromatic carbocycles. The summed E-state index contributed by atoms with van der Waals surface area (Å²) in [5.74, 6) is 0.228. The number of hydrogen-bond acceptors (Lipinski definition) is 8. The minimum Gasteiger partial charge on any atom is -0.508 e. The number of nitriles is 2. The van der Waals surface area contributed by atoms with Crippen LogP contribution in [0.1, 0.15) is 45.5 Å². The smallest absolute Gasteiger partial charge is 0.123 e. The van der Waals surface area contributed by atoms with Gasteiger partial charge in [0.2, 0.25) is 0 Å². The van der Waals surface area contributed by atoms with Crippen molar-refractivity contribution in [1.82, 2.24) is 9.80 Å². The number of phenolic OH excluding ortho intramolecular Hbond substituents is 1. The quantitative estimate of drug-likeness (QED) is 0.155. The number of halogens is 2. The maximum atomic E-state index is 13.6. The number of anilines is 2. The fourth-order valence-corrected chi connectivity index (χ4v) is 8.01. The van der Waals surface area contributed by atoms with Gasteiger partial charge in [-0.15, -0.1) is 0 Å². The van der Waals surface area contributed by atoms with Crippen molar-refractivity contribution in [3.63, 3.8) is 0 Å². The van der Waals surface area contributed by atoms with E-state index in [1.807, 2.05) is 60.7 Å².